The Bertz CT molecular complexity index is 1080. The van der Waals surface area contributed by atoms with E-state index < -0.39 is 11.5 Å². The topological polar surface area (TPSA) is 116 Å². The standard InChI is InChI=1S/C17H11N3O4/c1-9-12(8-18)13(21)7-11-14(9)16(22)20(19-15(11)17(23)24)10-5-3-2-4-6-10/h2-7,21H,1H3,(H,23,24). The molecule has 0 atom stereocenters. The number of carboxylic acids is 1. The minimum atomic E-state index is -1.34. The highest BCUT2D eigenvalue weighted by Gasteiger charge is 2.21. The van der Waals surface area contributed by atoms with Crippen molar-refractivity contribution in [3.8, 4) is 17.5 Å². The second kappa shape index (κ2) is 5.52. The van der Waals surface area contributed by atoms with Crippen molar-refractivity contribution in [2.24, 2.45) is 0 Å². The van der Waals surface area contributed by atoms with E-state index in [1.54, 1.807) is 30.3 Å². The summed E-state index contributed by atoms with van der Waals surface area (Å²) in [6.07, 6.45) is 0. The second-order valence-electron chi connectivity index (χ2n) is 5.14. The SMILES string of the molecule is Cc1c(C#N)c(O)cc2c(C(=O)O)nn(-c3ccccc3)c(=O)c12. The molecular formula is C17H11N3O4. The minimum absolute atomic E-state index is 0.00585. The lowest BCUT2D eigenvalue weighted by atomic mass is 10.00. The molecule has 3 aromatic rings. The number of aromatic carboxylic acids is 1. The predicted molar refractivity (Wildman–Crippen MR) is 85.4 cm³/mol. The van der Waals surface area contributed by atoms with E-state index in [0.29, 0.717) is 5.69 Å². The minimum Gasteiger partial charge on any atom is -0.507 e. The summed E-state index contributed by atoms with van der Waals surface area (Å²) in [6.45, 7) is 1.49. The maximum atomic E-state index is 12.8. The fraction of sp³-hybridized carbons (Fsp3) is 0.0588. The van der Waals surface area contributed by atoms with E-state index in [4.69, 9.17) is 5.26 Å². The van der Waals surface area contributed by atoms with Gasteiger partial charge in [0.25, 0.3) is 5.56 Å². The van der Waals surface area contributed by atoms with E-state index in [2.05, 4.69) is 5.10 Å². The molecule has 0 aliphatic carbocycles. The number of phenolic OH excluding ortho intramolecular Hbond substituents is 1. The number of carboxylic acid groups (broad SMARTS) is 1. The number of rotatable bonds is 2. The van der Waals surface area contributed by atoms with Crippen LogP contribution in [0.5, 0.6) is 5.75 Å². The third-order valence-electron chi connectivity index (χ3n) is 3.73. The molecule has 7 heteroatoms. The van der Waals surface area contributed by atoms with Crippen molar-refractivity contribution in [3.63, 3.8) is 0 Å². The van der Waals surface area contributed by atoms with Crippen molar-refractivity contribution in [3.05, 3.63) is 63.6 Å². The first-order valence-corrected chi connectivity index (χ1v) is 6.94. The van der Waals surface area contributed by atoms with Crippen molar-refractivity contribution in [1.82, 2.24) is 9.78 Å². The molecule has 1 heterocycles. The van der Waals surface area contributed by atoms with Crippen LogP contribution in [-0.2, 0) is 0 Å². The summed E-state index contributed by atoms with van der Waals surface area (Å²) < 4.78 is 0.983. The molecule has 0 aliphatic heterocycles. The highest BCUT2D eigenvalue weighted by atomic mass is 16.4. The Morgan fingerprint density at radius 3 is 2.54 bits per heavy atom. The molecule has 0 bridgehead atoms. The molecule has 2 aromatic carbocycles. The third-order valence-corrected chi connectivity index (χ3v) is 3.73. The summed E-state index contributed by atoms with van der Waals surface area (Å²) >= 11 is 0. The third kappa shape index (κ3) is 2.18. The lowest BCUT2D eigenvalue weighted by Gasteiger charge is -2.12. The van der Waals surface area contributed by atoms with Gasteiger partial charge in [0.15, 0.2) is 5.69 Å². The second-order valence-corrected chi connectivity index (χ2v) is 5.14. The van der Waals surface area contributed by atoms with Gasteiger partial charge in [-0.15, -0.1) is 0 Å². The van der Waals surface area contributed by atoms with Crippen LogP contribution in [0.25, 0.3) is 16.5 Å². The molecule has 0 spiro atoms. The number of nitriles is 1. The van der Waals surface area contributed by atoms with E-state index in [-0.39, 0.29) is 33.3 Å². The molecule has 3 rings (SSSR count). The molecule has 0 amide bonds. The lowest BCUT2D eigenvalue weighted by Crippen LogP contribution is -2.25. The Morgan fingerprint density at radius 1 is 1.29 bits per heavy atom. The van der Waals surface area contributed by atoms with Gasteiger partial charge in [-0.05, 0) is 30.7 Å². The molecule has 0 aliphatic rings. The molecule has 0 saturated carbocycles. The van der Waals surface area contributed by atoms with Crippen LogP contribution in [-0.4, -0.2) is 26.0 Å². The molecule has 2 N–H and O–H groups in total. The number of fused-ring (bicyclic) bond motifs is 1. The van der Waals surface area contributed by atoms with Gasteiger partial charge in [-0.1, -0.05) is 18.2 Å². The molecule has 0 radical (unpaired) electrons. The average Bonchev–Trinajstić information content (AvgIpc) is 2.55. The molecule has 118 valence electrons. The number of nitrogens with zero attached hydrogens (tertiary/aromatic N) is 3. The van der Waals surface area contributed by atoms with Gasteiger partial charge < -0.3 is 10.2 Å². The quantitative estimate of drug-likeness (QED) is 0.745. The highest BCUT2D eigenvalue weighted by Crippen LogP contribution is 2.29. The van der Waals surface area contributed by atoms with Crippen LogP contribution >= 0.6 is 0 Å². The van der Waals surface area contributed by atoms with E-state index in [1.165, 1.54) is 6.92 Å². The molecule has 24 heavy (non-hydrogen) atoms. The van der Waals surface area contributed by atoms with Gasteiger partial charge in [-0.2, -0.15) is 15.0 Å². The lowest BCUT2D eigenvalue weighted by molar-refractivity contribution is 0.0691. The Labute approximate surface area is 135 Å². The summed E-state index contributed by atoms with van der Waals surface area (Å²) in [5, 5.41) is 32.5. The average molecular weight is 321 g/mol. The molecule has 0 unspecified atom stereocenters. The summed E-state index contributed by atoms with van der Waals surface area (Å²) in [7, 11) is 0. The smallest absolute Gasteiger partial charge is 0.357 e. The number of para-hydroxylation sites is 1. The fourth-order valence-electron chi connectivity index (χ4n) is 2.61. The molecule has 7 nitrogen and oxygen atoms in total. The van der Waals surface area contributed by atoms with Crippen LogP contribution in [0.4, 0.5) is 0 Å². The van der Waals surface area contributed by atoms with Gasteiger partial charge in [-0.25, -0.2) is 4.79 Å². The first kappa shape index (κ1) is 15.2. The Kier molecular flexibility index (Phi) is 3.50. The summed E-state index contributed by atoms with van der Waals surface area (Å²) in [5.74, 6) is -1.73. The Balaban J connectivity index is 2.56. The zero-order chi connectivity index (χ0) is 17.4. The van der Waals surface area contributed by atoms with E-state index in [1.807, 2.05) is 6.07 Å². The number of carbonyl (C=O) groups is 1. The van der Waals surface area contributed by atoms with E-state index in [0.717, 1.165) is 10.7 Å². The molecule has 0 fully saturated rings. The van der Waals surface area contributed by atoms with Gasteiger partial charge in [-0.3, -0.25) is 4.79 Å². The number of aryl methyl sites for hydroxylation is 1. The van der Waals surface area contributed by atoms with Gasteiger partial charge in [0, 0.05) is 5.39 Å². The number of aromatic nitrogens is 2. The van der Waals surface area contributed by atoms with Crippen molar-refractivity contribution >= 4 is 16.7 Å². The zero-order valence-electron chi connectivity index (χ0n) is 12.5. The molecule has 1 aromatic heterocycles. The van der Waals surface area contributed by atoms with Gasteiger partial charge >= 0.3 is 5.97 Å². The zero-order valence-corrected chi connectivity index (χ0v) is 12.5. The number of hydrogen-bond donors (Lipinski definition) is 2. The van der Waals surface area contributed by atoms with Gasteiger partial charge in [0.05, 0.1) is 16.6 Å². The molecule has 0 saturated heterocycles. The molecular weight excluding hydrogens is 310 g/mol. The van der Waals surface area contributed by atoms with Crippen LogP contribution in [0.15, 0.2) is 41.2 Å². The fourth-order valence-corrected chi connectivity index (χ4v) is 2.61. The monoisotopic (exact) mass is 321 g/mol. The predicted octanol–water partition coefficient (Wildman–Crippen LogP) is 1.97. The van der Waals surface area contributed by atoms with Crippen LogP contribution in [0.3, 0.4) is 0 Å². The summed E-state index contributed by atoms with van der Waals surface area (Å²) in [5.41, 5.74) is -0.391. The summed E-state index contributed by atoms with van der Waals surface area (Å²) in [6, 6.07) is 11.3. The van der Waals surface area contributed by atoms with Crippen LogP contribution < -0.4 is 5.56 Å². The van der Waals surface area contributed by atoms with Crippen molar-refractivity contribution < 1.29 is 15.0 Å². The van der Waals surface area contributed by atoms with E-state index >= 15 is 0 Å². The number of benzene rings is 2. The Morgan fingerprint density at radius 2 is 1.96 bits per heavy atom. The van der Waals surface area contributed by atoms with Crippen LogP contribution in [0.1, 0.15) is 21.6 Å². The number of phenols is 1. The first-order valence-electron chi connectivity index (χ1n) is 6.94. The number of aromatic hydroxyl groups is 1. The van der Waals surface area contributed by atoms with Gasteiger partial charge in [0.2, 0.25) is 0 Å². The van der Waals surface area contributed by atoms with Crippen LogP contribution in [0, 0.1) is 18.3 Å². The maximum Gasteiger partial charge on any atom is 0.357 e. The maximum absolute atomic E-state index is 12.8. The van der Waals surface area contributed by atoms with Crippen molar-refractivity contribution in [1.29, 1.82) is 5.26 Å². The Hall–Kier alpha value is -3.66. The summed E-state index contributed by atoms with van der Waals surface area (Å²) in [4.78, 5) is 24.4. The largest absolute Gasteiger partial charge is 0.507 e. The van der Waals surface area contributed by atoms with E-state index in [9.17, 15) is 19.8 Å². The number of hydrogen-bond acceptors (Lipinski definition) is 5. The van der Waals surface area contributed by atoms with Gasteiger partial charge in [0.1, 0.15) is 11.8 Å². The van der Waals surface area contributed by atoms with Crippen molar-refractivity contribution in [2.75, 3.05) is 0 Å². The first-order chi connectivity index (χ1) is 11.5. The van der Waals surface area contributed by atoms with Crippen LogP contribution in [0.2, 0.25) is 0 Å². The van der Waals surface area contributed by atoms with Crippen molar-refractivity contribution in [2.45, 2.75) is 6.92 Å². The normalized spacial score (nSPS) is 10.5. The highest BCUT2D eigenvalue weighted by molar-refractivity contribution is 6.03.